The normalized spacial score (nSPS) is 11.5. The average Bonchev–Trinajstić information content (AvgIpc) is 3.13. The van der Waals surface area contributed by atoms with E-state index in [1.54, 1.807) is 18.2 Å². The molecule has 4 aromatic rings. The molecule has 29 heavy (non-hydrogen) atoms. The first-order valence-corrected chi connectivity index (χ1v) is 9.76. The number of anilines is 1. The number of pyridine rings is 1. The molecule has 0 aliphatic rings. The molecule has 0 saturated heterocycles. The summed E-state index contributed by atoms with van der Waals surface area (Å²) in [5.41, 5.74) is 5.00. The highest BCUT2D eigenvalue weighted by Gasteiger charge is 2.17. The van der Waals surface area contributed by atoms with E-state index >= 15 is 0 Å². The minimum atomic E-state index is -0.937. The lowest BCUT2D eigenvalue weighted by Crippen LogP contribution is -2.26. The number of nitrogens with zero attached hydrogens (tertiary/aromatic N) is 4. The Balaban J connectivity index is 1.95. The van der Waals surface area contributed by atoms with Gasteiger partial charge in [0.15, 0.2) is 0 Å². The van der Waals surface area contributed by atoms with E-state index in [1.165, 1.54) is 0 Å². The summed E-state index contributed by atoms with van der Waals surface area (Å²) in [7, 11) is 2.03. The first kappa shape index (κ1) is 18.9. The summed E-state index contributed by atoms with van der Waals surface area (Å²) in [4.78, 5) is 18.5. The fourth-order valence-electron chi connectivity index (χ4n) is 3.54. The maximum atomic E-state index is 11.4. The molecule has 0 aliphatic carbocycles. The lowest BCUT2D eigenvalue weighted by Gasteiger charge is -2.26. The smallest absolute Gasteiger partial charge is 0.335 e. The van der Waals surface area contributed by atoms with E-state index in [4.69, 9.17) is 4.98 Å². The van der Waals surface area contributed by atoms with E-state index in [0.29, 0.717) is 0 Å². The summed E-state index contributed by atoms with van der Waals surface area (Å²) >= 11 is 0. The van der Waals surface area contributed by atoms with E-state index in [1.807, 2.05) is 24.0 Å². The van der Waals surface area contributed by atoms with Crippen LogP contribution in [0, 0.1) is 0 Å². The average molecular weight is 388 g/mol. The number of aromatic carboxylic acids is 1. The van der Waals surface area contributed by atoms with Gasteiger partial charge in [-0.2, -0.15) is 5.10 Å². The third-order valence-corrected chi connectivity index (χ3v) is 5.41. The van der Waals surface area contributed by atoms with E-state index in [2.05, 4.69) is 49.0 Å². The van der Waals surface area contributed by atoms with Gasteiger partial charge in [0.25, 0.3) is 0 Å². The van der Waals surface area contributed by atoms with Crippen molar-refractivity contribution in [2.24, 2.45) is 0 Å². The zero-order chi connectivity index (χ0) is 20.7. The predicted octanol–water partition coefficient (Wildman–Crippen LogP) is 4.81. The molecule has 4 rings (SSSR count). The summed E-state index contributed by atoms with van der Waals surface area (Å²) in [5, 5.41) is 15.7. The van der Waals surface area contributed by atoms with Gasteiger partial charge in [-0.05, 0) is 57.2 Å². The Morgan fingerprint density at radius 3 is 2.62 bits per heavy atom. The van der Waals surface area contributed by atoms with Crippen LogP contribution in [-0.4, -0.2) is 38.9 Å². The van der Waals surface area contributed by atoms with Crippen LogP contribution in [0.2, 0.25) is 0 Å². The van der Waals surface area contributed by atoms with Crippen LogP contribution in [0.3, 0.4) is 0 Å². The second-order valence-corrected chi connectivity index (χ2v) is 7.51. The maximum absolute atomic E-state index is 11.4. The van der Waals surface area contributed by atoms with Crippen molar-refractivity contribution >= 4 is 33.5 Å². The van der Waals surface area contributed by atoms with Crippen molar-refractivity contribution < 1.29 is 9.90 Å². The quantitative estimate of drug-likeness (QED) is 0.531. The molecule has 6 heteroatoms. The number of carboxylic acid groups (broad SMARTS) is 1. The molecule has 2 aromatic heterocycles. The van der Waals surface area contributed by atoms with Crippen molar-refractivity contribution in [1.82, 2.24) is 14.8 Å². The Morgan fingerprint density at radius 2 is 1.93 bits per heavy atom. The Morgan fingerprint density at radius 1 is 1.14 bits per heavy atom. The number of hydrogen-bond acceptors (Lipinski definition) is 4. The summed E-state index contributed by atoms with van der Waals surface area (Å²) < 4.78 is 1.97. The molecule has 6 nitrogen and oxygen atoms in total. The van der Waals surface area contributed by atoms with E-state index in [9.17, 15) is 9.90 Å². The fraction of sp³-hybridized carbons (Fsp3) is 0.261. The zero-order valence-electron chi connectivity index (χ0n) is 17.0. The second kappa shape index (κ2) is 7.20. The van der Waals surface area contributed by atoms with Crippen LogP contribution in [-0.2, 0) is 6.54 Å². The van der Waals surface area contributed by atoms with Gasteiger partial charge < -0.3 is 10.0 Å². The molecule has 0 saturated carbocycles. The van der Waals surface area contributed by atoms with Crippen LogP contribution in [0.4, 0.5) is 5.69 Å². The SMILES string of the molecule is CCn1ncc2cc(-c3nc4ccc(C(=O)O)cc4cc3N(C)C(C)C)ccc21. The van der Waals surface area contributed by atoms with Crippen molar-refractivity contribution in [2.75, 3.05) is 11.9 Å². The molecular weight excluding hydrogens is 364 g/mol. The van der Waals surface area contributed by atoms with Gasteiger partial charge in [-0.1, -0.05) is 6.07 Å². The number of aryl methyl sites for hydroxylation is 1. The Kier molecular flexibility index (Phi) is 4.70. The number of hydrogen-bond donors (Lipinski definition) is 1. The second-order valence-electron chi connectivity index (χ2n) is 7.51. The minimum Gasteiger partial charge on any atom is -0.478 e. The monoisotopic (exact) mass is 388 g/mol. The Hall–Kier alpha value is -3.41. The third kappa shape index (κ3) is 3.31. The van der Waals surface area contributed by atoms with E-state index in [0.717, 1.165) is 45.3 Å². The summed E-state index contributed by atoms with van der Waals surface area (Å²) in [5.74, 6) is -0.937. The number of benzene rings is 2. The van der Waals surface area contributed by atoms with Gasteiger partial charge in [0.05, 0.1) is 34.2 Å². The standard InChI is InChI=1S/C23H24N4O2/c1-5-27-20-9-7-15(10-18(20)13-24-27)22-21(26(4)14(2)3)12-17-11-16(23(28)29)6-8-19(17)25-22/h6-14H,5H2,1-4H3,(H,28,29). The van der Waals surface area contributed by atoms with Gasteiger partial charge in [-0.25, -0.2) is 9.78 Å². The van der Waals surface area contributed by atoms with Crippen LogP contribution >= 0.6 is 0 Å². The van der Waals surface area contributed by atoms with Gasteiger partial charge in [0, 0.05) is 36.0 Å². The maximum Gasteiger partial charge on any atom is 0.335 e. The van der Waals surface area contributed by atoms with Crippen molar-refractivity contribution in [3.8, 4) is 11.3 Å². The van der Waals surface area contributed by atoms with Crippen molar-refractivity contribution in [3.05, 3.63) is 54.2 Å². The number of fused-ring (bicyclic) bond motifs is 2. The number of aromatic nitrogens is 3. The number of rotatable bonds is 5. The molecule has 1 N–H and O–H groups in total. The molecule has 2 aromatic carbocycles. The van der Waals surface area contributed by atoms with Gasteiger partial charge in [0.1, 0.15) is 0 Å². The zero-order valence-corrected chi connectivity index (χ0v) is 17.0. The highest BCUT2D eigenvalue weighted by atomic mass is 16.4. The molecule has 2 heterocycles. The Labute approximate surface area is 169 Å². The molecule has 0 radical (unpaired) electrons. The molecular formula is C23H24N4O2. The highest BCUT2D eigenvalue weighted by molar-refractivity contribution is 5.96. The van der Waals surface area contributed by atoms with E-state index in [-0.39, 0.29) is 11.6 Å². The lowest BCUT2D eigenvalue weighted by atomic mass is 10.0. The van der Waals surface area contributed by atoms with Crippen molar-refractivity contribution in [3.63, 3.8) is 0 Å². The minimum absolute atomic E-state index is 0.263. The van der Waals surface area contributed by atoms with Gasteiger partial charge in [-0.3, -0.25) is 4.68 Å². The molecule has 0 atom stereocenters. The number of carbonyl (C=O) groups is 1. The molecule has 148 valence electrons. The molecule has 0 amide bonds. The van der Waals surface area contributed by atoms with Crippen LogP contribution in [0.15, 0.2) is 48.7 Å². The van der Waals surface area contributed by atoms with Gasteiger partial charge in [0.2, 0.25) is 0 Å². The van der Waals surface area contributed by atoms with Crippen molar-refractivity contribution in [2.45, 2.75) is 33.4 Å². The van der Waals surface area contributed by atoms with Gasteiger partial charge in [-0.15, -0.1) is 0 Å². The fourth-order valence-corrected chi connectivity index (χ4v) is 3.54. The van der Waals surface area contributed by atoms with Crippen molar-refractivity contribution in [1.29, 1.82) is 0 Å². The first-order chi connectivity index (χ1) is 13.9. The molecule has 0 aliphatic heterocycles. The third-order valence-electron chi connectivity index (χ3n) is 5.41. The van der Waals surface area contributed by atoms with Crippen LogP contribution in [0.1, 0.15) is 31.1 Å². The largest absolute Gasteiger partial charge is 0.478 e. The lowest BCUT2D eigenvalue weighted by molar-refractivity contribution is 0.0697. The molecule has 0 spiro atoms. The summed E-state index contributed by atoms with van der Waals surface area (Å²) in [6, 6.07) is 13.6. The van der Waals surface area contributed by atoms with Crippen LogP contribution in [0.5, 0.6) is 0 Å². The summed E-state index contributed by atoms with van der Waals surface area (Å²) in [6.45, 7) is 7.14. The van der Waals surface area contributed by atoms with Crippen LogP contribution < -0.4 is 4.90 Å². The van der Waals surface area contributed by atoms with Crippen LogP contribution in [0.25, 0.3) is 33.1 Å². The number of carboxylic acids is 1. The highest BCUT2D eigenvalue weighted by Crippen LogP contribution is 2.34. The molecule has 0 fully saturated rings. The summed E-state index contributed by atoms with van der Waals surface area (Å²) in [6.07, 6.45) is 1.88. The Bertz CT molecular complexity index is 1230. The molecule has 0 unspecified atom stereocenters. The molecule has 0 bridgehead atoms. The first-order valence-electron chi connectivity index (χ1n) is 9.76. The van der Waals surface area contributed by atoms with Gasteiger partial charge >= 0.3 is 5.97 Å². The van der Waals surface area contributed by atoms with E-state index < -0.39 is 5.97 Å². The topological polar surface area (TPSA) is 71.2 Å². The predicted molar refractivity (Wildman–Crippen MR) is 117 cm³/mol.